The van der Waals surface area contributed by atoms with Crippen LogP contribution in [0.3, 0.4) is 0 Å². The van der Waals surface area contributed by atoms with Gasteiger partial charge in [-0.1, -0.05) is 6.07 Å². The van der Waals surface area contributed by atoms with Crippen LogP contribution in [0.15, 0.2) is 24.4 Å². The van der Waals surface area contributed by atoms with Crippen molar-refractivity contribution in [3.63, 3.8) is 0 Å². The van der Waals surface area contributed by atoms with Crippen molar-refractivity contribution in [2.75, 3.05) is 11.9 Å². The minimum absolute atomic E-state index is 0.0118. The molecule has 1 N–H and O–H groups in total. The quantitative estimate of drug-likeness (QED) is 0.932. The maximum absolute atomic E-state index is 12.3. The number of aromatic nitrogens is 2. The largest absolute Gasteiger partial charge is 0.336 e. The van der Waals surface area contributed by atoms with Crippen LogP contribution in [0, 0.1) is 19.8 Å². The van der Waals surface area contributed by atoms with Crippen molar-refractivity contribution in [1.29, 1.82) is 0 Å². The van der Waals surface area contributed by atoms with Crippen LogP contribution in [0.1, 0.15) is 22.7 Å². The molecule has 3 rings (SSSR count). The third-order valence-electron chi connectivity index (χ3n) is 3.92. The lowest BCUT2D eigenvalue weighted by molar-refractivity contribution is -0.128. The number of anilines is 1. The van der Waals surface area contributed by atoms with Crippen molar-refractivity contribution in [3.8, 4) is 0 Å². The van der Waals surface area contributed by atoms with Gasteiger partial charge in [-0.25, -0.2) is 4.98 Å². The Morgan fingerprint density at radius 2 is 2.26 bits per heavy atom. The summed E-state index contributed by atoms with van der Waals surface area (Å²) in [5.41, 5.74) is 1.75. The van der Waals surface area contributed by atoms with E-state index < -0.39 is 0 Å². The molecule has 0 unspecified atom stereocenters. The molecule has 2 amide bonds. The maximum Gasteiger partial charge on any atom is 0.231 e. The van der Waals surface area contributed by atoms with E-state index in [-0.39, 0.29) is 24.2 Å². The average molecular weight is 330 g/mol. The molecule has 0 aliphatic carbocycles. The summed E-state index contributed by atoms with van der Waals surface area (Å²) in [6.07, 6.45) is 1.94. The van der Waals surface area contributed by atoms with Crippen molar-refractivity contribution in [3.05, 3.63) is 40.7 Å². The molecule has 23 heavy (non-hydrogen) atoms. The minimum Gasteiger partial charge on any atom is -0.336 e. The molecule has 2 aromatic rings. The van der Waals surface area contributed by atoms with Gasteiger partial charge in [-0.05, 0) is 26.0 Å². The monoisotopic (exact) mass is 330 g/mol. The zero-order valence-corrected chi connectivity index (χ0v) is 13.9. The highest BCUT2D eigenvalue weighted by molar-refractivity contribution is 7.15. The van der Waals surface area contributed by atoms with Crippen LogP contribution in [0.2, 0.25) is 0 Å². The molecular formula is C16H18N4O2S. The summed E-state index contributed by atoms with van der Waals surface area (Å²) in [6.45, 7) is 4.75. The van der Waals surface area contributed by atoms with E-state index >= 15 is 0 Å². The Morgan fingerprint density at radius 1 is 1.43 bits per heavy atom. The van der Waals surface area contributed by atoms with Crippen molar-refractivity contribution >= 4 is 28.3 Å². The molecule has 1 aliphatic rings. The minimum atomic E-state index is -0.337. The van der Waals surface area contributed by atoms with Gasteiger partial charge in [0.15, 0.2) is 5.13 Å². The van der Waals surface area contributed by atoms with E-state index in [0.717, 1.165) is 16.3 Å². The first kappa shape index (κ1) is 15.6. The van der Waals surface area contributed by atoms with Gasteiger partial charge in [-0.2, -0.15) is 0 Å². The lowest BCUT2D eigenvalue weighted by Crippen LogP contribution is -2.28. The number of amides is 2. The summed E-state index contributed by atoms with van der Waals surface area (Å²) in [7, 11) is 0. The van der Waals surface area contributed by atoms with Gasteiger partial charge in [0.05, 0.1) is 23.9 Å². The van der Waals surface area contributed by atoms with Gasteiger partial charge in [0.1, 0.15) is 0 Å². The van der Waals surface area contributed by atoms with Crippen LogP contribution < -0.4 is 5.32 Å². The third-order valence-corrected chi connectivity index (χ3v) is 4.91. The van der Waals surface area contributed by atoms with E-state index in [1.54, 1.807) is 11.1 Å². The number of hydrogen-bond donors (Lipinski definition) is 1. The number of rotatable bonds is 4. The van der Waals surface area contributed by atoms with Crippen LogP contribution in [-0.4, -0.2) is 33.2 Å². The van der Waals surface area contributed by atoms with Gasteiger partial charge in [0.25, 0.3) is 0 Å². The SMILES string of the molecule is Cc1nc(NC(=O)[C@@H]2CC(=O)N(Cc3ccccn3)C2)sc1C. The summed E-state index contributed by atoms with van der Waals surface area (Å²) in [5.74, 6) is -0.492. The predicted molar refractivity (Wildman–Crippen MR) is 88.0 cm³/mol. The van der Waals surface area contributed by atoms with Crippen molar-refractivity contribution in [1.82, 2.24) is 14.9 Å². The summed E-state index contributed by atoms with van der Waals surface area (Å²) in [6, 6.07) is 5.60. The number of likely N-dealkylation sites (tertiary alicyclic amines) is 1. The molecule has 120 valence electrons. The molecule has 0 spiro atoms. The van der Waals surface area contributed by atoms with Gasteiger partial charge < -0.3 is 10.2 Å². The van der Waals surface area contributed by atoms with E-state index in [0.29, 0.717) is 18.2 Å². The van der Waals surface area contributed by atoms with Gasteiger partial charge in [-0.15, -0.1) is 11.3 Å². The van der Waals surface area contributed by atoms with E-state index in [1.165, 1.54) is 11.3 Å². The lowest BCUT2D eigenvalue weighted by atomic mass is 10.1. The predicted octanol–water partition coefficient (Wildman–Crippen LogP) is 2.14. The molecule has 1 fully saturated rings. The molecule has 0 saturated carbocycles. The number of thiazole rings is 1. The zero-order chi connectivity index (χ0) is 16.4. The standard InChI is InChI=1S/C16H18N4O2S/c1-10-11(2)23-16(18-10)19-15(22)12-7-14(21)20(8-12)9-13-5-3-4-6-17-13/h3-6,12H,7-9H2,1-2H3,(H,18,19,22)/t12-/m1/s1. The van der Waals surface area contributed by atoms with E-state index in [2.05, 4.69) is 15.3 Å². The Hall–Kier alpha value is -2.28. The molecule has 2 aromatic heterocycles. The summed E-state index contributed by atoms with van der Waals surface area (Å²) in [4.78, 5) is 35.7. The van der Waals surface area contributed by atoms with Crippen LogP contribution >= 0.6 is 11.3 Å². The number of nitrogens with one attached hydrogen (secondary N) is 1. The number of pyridine rings is 1. The topological polar surface area (TPSA) is 75.2 Å². The average Bonchev–Trinajstić information content (AvgIpc) is 3.03. The first-order valence-corrected chi connectivity index (χ1v) is 8.27. The second-order valence-corrected chi connectivity index (χ2v) is 6.85. The van der Waals surface area contributed by atoms with E-state index in [4.69, 9.17) is 0 Å². The summed E-state index contributed by atoms with van der Waals surface area (Å²) < 4.78 is 0. The van der Waals surface area contributed by atoms with Crippen LogP contribution in [0.25, 0.3) is 0 Å². The molecule has 1 saturated heterocycles. The number of carbonyl (C=O) groups is 2. The van der Waals surface area contributed by atoms with Crippen molar-refractivity contribution in [2.24, 2.45) is 5.92 Å². The van der Waals surface area contributed by atoms with Crippen LogP contribution in [0.4, 0.5) is 5.13 Å². The number of hydrogen-bond acceptors (Lipinski definition) is 5. The molecular weight excluding hydrogens is 312 g/mol. The fraction of sp³-hybridized carbons (Fsp3) is 0.375. The Bertz CT molecular complexity index is 709. The molecule has 1 aliphatic heterocycles. The summed E-state index contributed by atoms with van der Waals surface area (Å²) in [5, 5.41) is 3.42. The Morgan fingerprint density at radius 3 is 2.91 bits per heavy atom. The van der Waals surface area contributed by atoms with Gasteiger partial charge in [-0.3, -0.25) is 14.6 Å². The molecule has 6 nitrogen and oxygen atoms in total. The third kappa shape index (κ3) is 3.56. The highest BCUT2D eigenvalue weighted by Crippen LogP contribution is 2.24. The molecule has 0 radical (unpaired) electrons. The van der Waals surface area contributed by atoms with Gasteiger partial charge in [0, 0.05) is 24.0 Å². The Balaban J connectivity index is 1.61. The second kappa shape index (κ2) is 6.45. The molecule has 0 aromatic carbocycles. The Labute approximate surface area is 138 Å². The first-order valence-electron chi connectivity index (χ1n) is 7.45. The number of carbonyl (C=O) groups excluding carboxylic acids is 2. The highest BCUT2D eigenvalue weighted by atomic mass is 32.1. The second-order valence-electron chi connectivity index (χ2n) is 5.65. The van der Waals surface area contributed by atoms with Crippen molar-refractivity contribution in [2.45, 2.75) is 26.8 Å². The number of nitrogens with zero attached hydrogens (tertiary/aromatic N) is 3. The normalized spacial score (nSPS) is 17.6. The highest BCUT2D eigenvalue weighted by Gasteiger charge is 2.34. The summed E-state index contributed by atoms with van der Waals surface area (Å²) >= 11 is 1.45. The smallest absolute Gasteiger partial charge is 0.231 e. The lowest BCUT2D eigenvalue weighted by Gasteiger charge is -2.15. The molecule has 0 bridgehead atoms. The van der Waals surface area contributed by atoms with Crippen LogP contribution in [-0.2, 0) is 16.1 Å². The Kier molecular flexibility index (Phi) is 4.38. The fourth-order valence-electron chi connectivity index (χ4n) is 2.52. The fourth-order valence-corrected chi connectivity index (χ4v) is 3.34. The number of aryl methyl sites for hydroxylation is 2. The van der Waals surface area contributed by atoms with E-state index in [1.807, 2.05) is 32.0 Å². The molecule has 3 heterocycles. The maximum atomic E-state index is 12.3. The van der Waals surface area contributed by atoms with Crippen LogP contribution in [0.5, 0.6) is 0 Å². The molecule has 7 heteroatoms. The zero-order valence-electron chi connectivity index (χ0n) is 13.1. The first-order chi connectivity index (χ1) is 11.0. The van der Waals surface area contributed by atoms with Gasteiger partial charge in [0.2, 0.25) is 11.8 Å². The van der Waals surface area contributed by atoms with E-state index in [9.17, 15) is 9.59 Å². The van der Waals surface area contributed by atoms with Gasteiger partial charge >= 0.3 is 0 Å². The van der Waals surface area contributed by atoms with Crippen molar-refractivity contribution < 1.29 is 9.59 Å². The molecule has 1 atom stereocenters.